The normalized spacial score (nSPS) is 22.2. The van der Waals surface area contributed by atoms with Crippen LogP contribution < -0.4 is 0 Å². The number of fused-ring (bicyclic) bond motifs is 1. The minimum atomic E-state index is -1.50. The quantitative estimate of drug-likeness (QED) is 0.520. The van der Waals surface area contributed by atoms with Gasteiger partial charge in [-0.2, -0.15) is 8.78 Å². The van der Waals surface area contributed by atoms with Gasteiger partial charge in [0.1, 0.15) is 0 Å². The first-order chi connectivity index (χ1) is 5.29. The summed E-state index contributed by atoms with van der Waals surface area (Å²) in [5, 5.41) is 0. The van der Waals surface area contributed by atoms with Crippen molar-refractivity contribution < 1.29 is 8.78 Å². The molecule has 60 valence electrons. The molecule has 0 bridgehead atoms. The van der Waals surface area contributed by atoms with Crippen molar-refractivity contribution in [3.63, 3.8) is 0 Å². The summed E-state index contributed by atoms with van der Waals surface area (Å²) in [6, 6.07) is 0. The number of hydrogen-bond acceptors (Lipinski definition) is 1. The van der Waals surface area contributed by atoms with Crippen molar-refractivity contribution >= 4 is 0 Å². The number of rotatable bonds is 0. The first-order valence-corrected chi connectivity index (χ1v) is 3.78. The SMILES string of the molecule is FC(F)=C1CCN2CCC=C12. The fourth-order valence-corrected chi connectivity index (χ4v) is 1.72. The van der Waals surface area contributed by atoms with Crippen LogP contribution in [0.3, 0.4) is 0 Å². The van der Waals surface area contributed by atoms with Crippen molar-refractivity contribution in [2.45, 2.75) is 12.8 Å². The molecule has 0 N–H and O–H groups in total. The van der Waals surface area contributed by atoms with E-state index < -0.39 is 6.08 Å². The second kappa shape index (κ2) is 2.32. The molecule has 0 aromatic heterocycles. The molecule has 3 heteroatoms. The van der Waals surface area contributed by atoms with Crippen LogP contribution in [-0.2, 0) is 0 Å². The molecular formula is C8H9F2N. The molecule has 0 spiro atoms. The van der Waals surface area contributed by atoms with Gasteiger partial charge in [0.05, 0.1) is 0 Å². The van der Waals surface area contributed by atoms with Crippen molar-refractivity contribution in [3.05, 3.63) is 23.4 Å². The molecule has 2 aliphatic rings. The van der Waals surface area contributed by atoms with Crippen molar-refractivity contribution in [1.29, 1.82) is 0 Å². The zero-order valence-corrected chi connectivity index (χ0v) is 6.11. The maximum Gasteiger partial charge on any atom is 0.275 e. The molecule has 0 amide bonds. The van der Waals surface area contributed by atoms with E-state index in [2.05, 4.69) is 0 Å². The summed E-state index contributed by atoms with van der Waals surface area (Å²) in [6.45, 7) is 1.70. The fraction of sp³-hybridized carbons (Fsp3) is 0.500. The lowest BCUT2D eigenvalue weighted by Gasteiger charge is -2.11. The summed E-state index contributed by atoms with van der Waals surface area (Å²) < 4.78 is 24.4. The van der Waals surface area contributed by atoms with Gasteiger partial charge in [-0.3, -0.25) is 0 Å². The zero-order valence-electron chi connectivity index (χ0n) is 6.11. The Kier molecular flexibility index (Phi) is 1.44. The first-order valence-electron chi connectivity index (χ1n) is 3.78. The molecular weight excluding hydrogens is 148 g/mol. The maximum absolute atomic E-state index is 12.2. The third-order valence-corrected chi connectivity index (χ3v) is 2.25. The van der Waals surface area contributed by atoms with Gasteiger partial charge in [0.15, 0.2) is 0 Å². The molecule has 11 heavy (non-hydrogen) atoms. The van der Waals surface area contributed by atoms with Crippen LogP contribution in [0.5, 0.6) is 0 Å². The number of halogens is 2. The predicted octanol–water partition coefficient (Wildman–Crippen LogP) is 2.13. The summed E-state index contributed by atoms with van der Waals surface area (Å²) in [5.74, 6) is 0. The van der Waals surface area contributed by atoms with Crippen LogP contribution in [-0.4, -0.2) is 18.0 Å². The monoisotopic (exact) mass is 157 g/mol. The summed E-state index contributed by atoms with van der Waals surface area (Å²) in [4.78, 5) is 2.02. The van der Waals surface area contributed by atoms with E-state index in [0.717, 1.165) is 25.2 Å². The van der Waals surface area contributed by atoms with Crippen LogP contribution in [0.4, 0.5) is 8.78 Å². The number of nitrogens with zero attached hydrogens (tertiary/aromatic N) is 1. The van der Waals surface area contributed by atoms with Crippen molar-refractivity contribution in [3.8, 4) is 0 Å². The molecule has 0 radical (unpaired) electrons. The Labute approximate surface area is 64.0 Å². The molecule has 1 fully saturated rings. The molecule has 0 unspecified atom stereocenters. The summed E-state index contributed by atoms with van der Waals surface area (Å²) in [7, 11) is 0. The lowest BCUT2D eigenvalue weighted by molar-refractivity contribution is 0.410. The number of allylic oxidation sites excluding steroid dienone is 1. The van der Waals surface area contributed by atoms with Crippen LogP contribution in [0.25, 0.3) is 0 Å². The Bertz CT molecular complexity index is 238. The van der Waals surface area contributed by atoms with Gasteiger partial charge in [-0.25, -0.2) is 0 Å². The smallest absolute Gasteiger partial charge is 0.275 e. The minimum Gasteiger partial charge on any atom is -0.371 e. The molecule has 1 saturated heterocycles. The molecule has 1 nitrogen and oxygen atoms in total. The first kappa shape index (κ1) is 6.83. The molecule has 2 rings (SSSR count). The van der Waals surface area contributed by atoms with E-state index in [4.69, 9.17) is 0 Å². The van der Waals surface area contributed by atoms with Gasteiger partial charge < -0.3 is 4.90 Å². The van der Waals surface area contributed by atoms with E-state index in [1.165, 1.54) is 0 Å². The van der Waals surface area contributed by atoms with E-state index in [-0.39, 0.29) is 5.57 Å². The Morgan fingerprint density at radius 3 is 2.91 bits per heavy atom. The van der Waals surface area contributed by atoms with E-state index in [1.54, 1.807) is 0 Å². The highest BCUT2D eigenvalue weighted by Gasteiger charge is 2.27. The largest absolute Gasteiger partial charge is 0.371 e. The van der Waals surface area contributed by atoms with Gasteiger partial charge in [0.2, 0.25) is 0 Å². The molecule has 0 aromatic rings. The topological polar surface area (TPSA) is 3.24 Å². The third-order valence-electron chi connectivity index (χ3n) is 2.25. The summed E-state index contributed by atoms with van der Waals surface area (Å²) in [6.07, 6.45) is 1.85. The lowest BCUT2D eigenvalue weighted by atomic mass is 10.2. The van der Waals surface area contributed by atoms with Gasteiger partial charge >= 0.3 is 0 Å². The second-order valence-electron chi connectivity index (χ2n) is 2.85. The average molecular weight is 157 g/mol. The Morgan fingerprint density at radius 1 is 1.36 bits per heavy atom. The van der Waals surface area contributed by atoms with Crippen LogP contribution in [0.1, 0.15) is 12.8 Å². The van der Waals surface area contributed by atoms with Crippen LogP contribution in [0.15, 0.2) is 23.4 Å². The maximum atomic E-state index is 12.2. The highest BCUT2D eigenvalue weighted by atomic mass is 19.3. The fourth-order valence-electron chi connectivity index (χ4n) is 1.72. The molecule has 0 aromatic carbocycles. The van der Waals surface area contributed by atoms with Crippen LogP contribution >= 0.6 is 0 Å². The van der Waals surface area contributed by atoms with Gasteiger partial charge in [0.25, 0.3) is 6.08 Å². The van der Waals surface area contributed by atoms with E-state index in [1.807, 2.05) is 11.0 Å². The summed E-state index contributed by atoms with van der Waals surface area (Å²) in [5.41, 5.74) is 1.05. The van der Waals surface area contributed by atoms with Gasteiger partial charge in [-0.05, 0) is 12.8 Å². The minimum absolute atomic E-state index is 0.266. The molecule has 0 atom stereocenters. The molecule has 0 aliphatic carbocycles. The predicted molar refractivity (Wildman–Crippen MR) is 38.1 cm³/mol. The van der Waals surface area contributed by atoms with Crippen LogP contribution in [0, 0.1) is 0 Å². The summed E-state index contributed by atoms with van der Waals surface area (Å²) >= 11 is 0. The number of hydrogen-bond donors (Lipinski definition) is 0. The van der Waals surface area contributed by atoms with Crippen molar-refractivity contribution in [2.24, 2.45) is 0 Å². The zero-order chi connectivity index (χ0) is 7.84. The molecule has 2 aliphatic heterocycles. The van der Waals surface area contributed by atoms with Gasteiger partial charge in [0, 0.05) is 24.4 Å². The lowest BCUT2D eigenvalue weighted by Crippen LogP contribution is -2.13. The van der Waals surface area contributed by atoms with Gasteiger partial charge in [-0.1, -0.05) is 6.08 Å². The third kappa shape index (κ3) is 0.951. The van der Waals surface area contributed by atoms with E-state index >= 15 is 0 Å². The van der Waals surface area contributed by atoms with Crippen molar-refractivity contribution in [1.82, 2.24) is 4.90 Å². The average Bonchev–Trinajstić information content (AvgIpc) is 2.41. The van der Waals surface area contributed by atoms with Crippen molar-refractivity contribution in [2.75, 3.05) is 13.1 Å². The van der Waals surface area contributed by atoms with E-state index in [0.29, 0.717) is 6.42 Å². The van der Waals surface area contributed by atoms with Gasteiger partial charge in [-0.15, -0.1) is 0 Å². The second-order valence-corrected chi connectivity index (χ2v) is 2.85. The highest BCUT2D eigenvalue weighted by Crippen LogP contribution is 2.34. The van der Waals surface area contributed by atoms with Crippen LogP contribution in [0.2, 0.25) is 0 Å². The Balaban J connectivity index is 2.34. The highest BCUT2D eigenvalue weighted by molar-refractivity contribution is 5.36. The van der Waals surface area contributed by atoms with E-state index in [9.17, 15) is 8.78 Å². The molecule has 0 saturated carbocycles. The Morgan fingerprint density at radius 2 is 2.18 bits per heavy atom. The standard InChI is InChI=1S/C8H9F2N/c9-8(10)6-3-5-11-4-1-2-7(6)11/h2H,1,3-5H2. The molecule has 2 heterocycles. The Hall–Kier alpha value is -0.860.